The molecule has 0 unspecified atom stereocenters. The predicted molar refractivity (Wildman–Crippen MR) is 93.2 cm³/mol. The number of carbonyl (C=O) groups excluding carboxylic acids is 1. The number of hydrogen-bond acceptors (Lipinski definition) is 4. The maximum absolute atomic E-state index is 13.5. The van der Waals surface area contributed by atoms with Gasteiger partial charge in [-0.3, -0.25) is 10.1 Å². The zero-order valence-corrected chi connectivity index (χ0v) is 13.5. The van der Waals surface area contributed by atoms with E-state index in [-0.39, 0.29) is 11.7 Å². The zero-order valence-electron chi connectivity index (χ0n) is 12.6. The Bertz CT molecular complexity index is 861. The molecule has 3 rings (SSSR count). The van der Waals surface area contributed by atoms with E-state index in [2.05, 4.69) is 15.5 Å². The molecule has 1 amide bonds. The highest BCUT2D eigenvalue weighted by Gasteiger charge is 2.07. The summed E-state index contributed by atoms with van der Waals surface area (Å²) < 4.78 is 13.5. The Hall–Kier alpha value is -2.86. The van der Waals surface area contributed by atoms with Crippen LogP contribution in [-0.2, 0) is 11.2 Å². The normalized spacial score (nSPS) is 10.9. The molecule has 0 atom stereocenters. The summed E-state index contributed by atoms with van der Waals surface area (Å²) in [5.41, 5.74) is 1.49. The predicted octanol–water partition coefficient (Wildman–Crippen LogP) is 3.92. The molecule has 0 aliphatic heterocycles. The van der Waals surface area contributed by atoms with Gasteiger partial charge in [-0.25, -0.2) is 4.39 Å². The molecule has 0 radical (unpaired) electrons. The van der Waals surface area contributed by atoms with E-state index in [9.17, 15) is 9.18 Å². The number of amides is 1. The zero-order chi connectivity index (χ0) is 16.8. The summed E-state index contributed by atoms with van der Waals surface area (Å²) in [7, 11) is 0. The summed E-state index contributed by atoms with van der Waals surface area (Å²) >= 11 is 1.32. The van der Waals surface area contributed by atoms with Crippen molar-refractivity contribution in [2.24, 2.45) is 0 Å². The standard InChI is InChI=1S/C18H14FN3OS/c19-15-9-5-4-8-14(15)10-11-16(23)20-18-22-21-17(24-18)12-13-6-2-1-3-7-13/h1-11H,12H2,(H,20,22,23)/b11-10+. The molecular weight excluding hydrogens is 325 g/mol. The van der Waals surface area contributed by atoms with Gasteiger partial charge in [0, 0.05) is 18.1 Å². The molecule has 1 aromatic heterocycles. The van der Waals surface area contributed by atoms with Gasteiger partial charge in [0.15, 0.2) is 0 Å². The quantitative estimate of drug-likeness (QED) is 0.717. The Morgan fingerprint density at radius 1 is 1.08 bits per heavy atom. The minimum atomic E-state index is -0.374. The van der Waals surface area contributed by atoms with Crippen molar-refractivity contribution in [1.29, 1.82) is 0 Å². The molecule has 0 aliphatic carbocycles. The second-order valence-corrected chi connectivity index (χ2v) is 6.07. The number of anilines is 1. The number of nitrogens with one attached hydrogen (secondary N) is 1. The molecule has 0 saturated carbocycles. The Morgan fingerprint density at radius 2 is 1.83 bits per heavy atom. The molecule has 24 heavy (non-hydrogen) atoms. The Morgan fingerprint density at radius 3 is 2.62 bits per heavy atom. The van der Waals surface area contributed by atoms with E-state index in [1.54, 1.807) is 18.2 Å². The van der Waals surface area contributed by atoms with Crippen LogP contribution in [0, 0.1) is 5.82 Å². The number of halogens is 1. The lowest BCUT2D eigenvalue weighted by Crippen LogP contribution is -2.07. The van der Waals surface area contributed by atoms with Crippen molar-refractivity contribution in [3.63, 3.8) is 0 Å². The summed E-state index contributed by atoms with van der Waals surface area (Å²) in [6.07, 6.45) is 3.37. The van der Waals surface area contributed by atoms with Gasteiger partial charge in [0.25, 0.3) is 0 Å². The summed E-state index contributed by atoms with van der Waals surface area (Å²) in [6.45, 7) is 0. The summed E-state index contributed by atoms with van der Waals surface area (Å²) in [6, 6.07) is 16.2. The smallest absolute Gasteiger partial charge is 0.250 e. The molecule has 2 aromatic carbocycles. The fourth-order valence-electron chi connectivity index (χ4n) is 2.07. The van der Waals surface area contributed by atoms with Crippen molar-refractivity contribution in [3.05, 3.63) is 82.6 Å². The van der Waals surface area contributed by atoms with Crippen LogP contribution in [0.2, 0.25) is 0 Å². The van der Waals surface area contributed by atoms with Crippen molar-refractivity contribution in [2.75, 3.05) is 5.32 Å². The molecule has 1 heterocycles. The lowest BCUT2D eigenvalue weighted by Gasteiger charge is -1.97. The Balaban J connectivity index is 1.60. The topological polar surface area (TPSA) is 54.9 Å². The fourth-order valence-corrected chi connectivity index (χ4v) is 2.85. The summed E-state index contributed by atoms with van der Waals surface area (Å²) in [5, 5.41) is 11.9. The first-order valence-corrected chi connectivity index (χ1v) is 8.12. The van der Waals surface area contributed by atoms with Gasteiger partial charge in [-0.1, -0.05) is 59.9 Å². The van der Waals surface area contributed by atoms with E-state index in [1.165, 1.54) is 29.6 Å². The monoisotopic (exact) mass is 339 g/mol. The Kier molecular flexibility index (Phi) is 5.08. The molecule has 3 aromatic rings. The molecule has 0 spiro atoms. The van der Waals surface area contributed by atoms with E-state index in [0.29, 0.717) is 17.1 Å². The van der Waals surface area contributed by atoms with Crippen LogP contribution in [0.4, 0.5) is 9.52 Å². The van der Waals surface area contributed by atoms with Crippen LogP contribution in [0.3, 0.4) is 0 Å². The van der Waals surface area contributed by atoms with E-state index in [1.807, 2.05) is 30.3 Å². The van der Waals surface area contributed by atoms with Gasteiger partial charge >= 0.3 is 0 Å². The van der Waals surface area contributed by atoms with Gasteiger partial charge in [-0.05, 0) is 17.7 Å². The molecule has 1 N–H and O–H groups in total. The van der Waals surface area contributed by atoms with Crippen LogP contribution in [0.1, 0.15) is 16.1 Å². The minimum Gasteiger partial charge on any atom is -0.297 e. The molecule has 0 fully saturated rings. The van der Waals surface area contributed by atoms with Crippen molar-refractivity contribution >= 4 is 28.5 Å². The lowest BCUT2D eigenvalue weighted by atomic mass is 10.2. The maximum Gasteiger partial charge on any atom is 0.250 e. The number of hydrogen-bond donors (Lipinski definition) is 1. The number of carbonyl (C=O) groups is 1. The fraction of sp³-hybridized carbons (Fsp3) is 0.0556. The second kappa shape index (κ2) is 7.61. The second-order valence-electron chi connectivity index (χ2n) is 5.01. The van der Waals surface area contributed by atoms with Gasteiger partial charge in [0.1, 0.15) is 10.8 Å². The molecule has 120 valence electrons. The first-order valence-electron chi connectivity index (χ1n) is 7.30. The van der Waals surface area contributed by atoms with E-state index < -0.39 is 0 Å². The third-order valence-corrected chi connectivity index (χ3v) is 4.05. The van der Waals surface area contributed by atoms with Gasteiger partial charge in [-0.2, -0.15) is 0 Å². The number of rotatable bonds is 5. The molecule has 4 nitrogen and oxygen atoms in total. The number of aromatic nitrogens is 2. The van der Waals surface area contributed by atoms with Crippen molar-refractivity contribution < 1.29 is 9.18 Å². The average Bonchev–Trinajstić information content (AvgIpc) is 3.02. The van der Waals surface area contributed by atoms with Crippen LogP contribution in [0.15, 0.2) is 60.7 Å². The summed E-state index contributed by atoms with van der Waals surface area (Å²) in [5.74, 6) is -0.747. The minimum absolute atomic E-state index is 0.356. The van der Waals surface area contributed by atoms with E-state index in [0.717, 1.165) is 10.6 Å². The Labute approximate surface area is 142 Å². The maximum atomic E-state index is 13.5. The lowest BCUT2D eigenvalue weighted by molar-refractivity contribution is -0.111. The highest BCUT2D eigenvalue weighted by molar-refractivity contribution is 7.15. The molecule has 6 heteroatoms. The van der Waals surface area contributed by atoms with E-state index >= 15 is 0 Å². The van der Waals surface area contributed by atoms with Crippen LogP contribution in [-0.4, -0.2) is 16.1 Å². The van der Waals surface area contributed by atoms with Crippen molar-refractivity contribution in [2.45, 2.75) is 6.42 Å². The van der Waals surface area contributed by atoms with Gasteiger partial charge in [-0.15, -0.1) is 10.2 Å². The molecule has 0 bridgehead atoms. The SMILES string of the molecule is O=C(/C=C/c1ccccc1F)Nc1nnc(Cc2ccccc2)s1. The number of benzene rings is 2. The van der Waals surface area contributed by atoms with Crippen LogP contribution in [0.25, 0.3) is 6.08 Å². The molecule has 0 aliphatic rings. The highest BCUT2D eigenvalue weighted by Crippen LogP contribution is 2.18. The van der Waals surface area contributed by atoms with E-state index in [4.69, 9.17) is 0 Å². The first kappa shape index (κ1) is 16.0. The third-order valence-electron chi connectivity index (χ3n) is 3.21. The first-order chi connectivity index (χ1) is 11.7. The third kappa shape index (κ3) is 4.33. The van der Waals surface area contributed by atoms with Crippen LogP contribution >= 0.6 is 11.3 Å². The van der Waals surface area contributed by atoms with Gasteiger partial charge in [0.2, 0.25) is 11.0 Å². The van der Waals surface area contributed by atoms with Crippen molar-refractivity contribution in [3.8, 4) is 0 Å². The van der Waals surface area contributed by atoms with Gasteiger partial charge < -0.3 is 0 Å². The number of nitrogens with zero attached hydrogens (tertiary/aromatic N) is 2. The summed E-state index contributed by atoms with van der Waals surface area (Å²) in [4.78, 5) is 11.9. The van der Waals surface area contributed by atoms with Crippen molar-refractivity contribution in [1.82, 2.24) is 10.2 Å². The van der Waals surface area contributed by atoms with Gasteiger partial charge in [0.05, 0.1) is 0 Å². The molecule has 0 saturated heterocycles. The van der Waals surface area contributed by atoms with Crippen LogP contribution < -0.4 is 5.32 Å². The van der Waals surface area contributed by atoms with Crippen LogP contribution in [0.5, 0.6) is 0 Å². The largest absolute Gasteiger partial charge is 0.297 e. The molecular formula is C18H14FN3OS. The highest BCUT2D eigenvalue weighted by atomic mass is 32.1. The average molecular weight is 339 g/mol.